The number of fused-ring (bicyclic) bond motifs is 2. The zero-order valence-electron chi connectivity index (χ0n) is 15.8. The number of hydrogen-bond acceptors (Lipinski definition) is 5. The van der Waals surface area contributed by atoms with Gasteiger partial charge in [0.1, 0.15) is 5.75 Å². The summed E-state index contributed by atoms with van der Waals surface area (Å²) >= 11 is 0. The molecule has 3 aromatic rings. The second kappa shape index (κ2) is 7.31. The van der Waals surface area contributed by atoms with Gasteiger partial charge in [-0.1, -0.05) is 18.2 Å². The maximum absolute atomic E-state index is 12.6. The molecular formula is C22H20N2O4. The number of aromatic nitrogens is 1. The molecule has 0 N–H and O–H groups in total. The topological polar surface area (TPSA) is 68.7 Å². The smallest absolute Gasteiger partial charge is 0.340 e. The van der Waals surface area contributed by atoms with Crippen LogP contribution < -0.4 is 9.64 Å². The number of anilines is 1. The van der Waals surface area contributed by atoms with Gasteiger partial charge in [-0.25, -0.2) is 4.79 Å². The van der Waals surface area contributed by atoms with Crippen molar-refractivity contribution in [1.82, 2.24) is 4.98 Å². The van der Waals surface area contributed by atoms with Crippen LogP contribution in [-0.4, -0.2) is 37.1 Å². The Morgan fingerprint density at radius 3 is 2.79 bits per heavy atom. The molecule has 6 nitrogen and oxygen atoms in total. The third-order valence-corrected chi connectivity index (χ3v) is 4.95. The van der Waals surface area contributed by atoms with Crippen molar-refractivity contribution < 1.29 is 19.1 Å². The SMILES string of the molecule is COc1ccc2nc(C)c(C(=O)OCC(=O)N3CCc4ccccc43)cc2c1. The average molecular weight is 376 g/mol. The van der Waals surface area contributed by atoms with Crippen molar-refractivity contribution in [1.29, 1.82) is 0 Å². The van der Waals surface area contributed by atoms with E-state index < -0.39 is 5.97 Å². The number of ether oxygens (including phenoxy) is 2. The molecule has 1 aromatic heterocycles. The number of benzene rings is 2. The number of carbonyl (C=O) groups excluding carboxylic acids is 2. The highest BCUT2D eigenvalue weighted by molar-refractivity contribution is 6.00. The summed E-state index contributed by atoms with van der Waals surface area (Å²) < 4.78 is 10.5. The van der Waals surface area contributed by atoms with Crippen molar-refractivity contribution in [3.63, 3.8) is 0 Å². The van der Waals surface area contributed by atoms with Gasteiger partial charge in [-0.2, -0.15) is 0 Å². The Morgan fingerprint density at radius 2 is 1.96 bits per heavy atom. The van der Waals surface area contributed by atoms with Crippen LogP contribution >= 0.6 is 0 Å². The minimum absolute atomic E-state index is 0.230. The lowest BCUT2D eigenvalue weighted by Gasteiger charge is -2.17. The fourth-order valence-electron chi connectivity index (χ4n) is 3.46. The maximum Gasteiger partial charge on any atom is 0.340 e. The van der Waals surface area contributed by atoms with E-state index >= 15 is 0 Å². The van der Waals surface area contributed by atoms with E-state index in [0.717, 1.165) is 28.6 Å². The molecule has 2 heterocycles. The van der Waals surface area contributed by atoms with Gasteiger partial charge >= 0.3 is 5.97 Å². The number of aryl methyl sites for hydroxylation is 1. The summed E-state index contributed by atoms with van der Waals surface area (Å²) in [7, 11) is 1.58. The Morgan fingerprint density at radius 1 is 1.14 bits per heavy atom. The van der Waals surface area contributed by atoms with Gasteiger partial charge in [0.25, 0.3) is 5.91 Å². The van der Waals surface area contributed by atoms with Gasteiger partial charge in [-0.15, -0.1) is 0 Å². The molecule has 4 rings (SSSR count). The Kier molecular flexibility index (Phi) is 4.69. The predicted molar refractivity (Wildman–Crippen MR) is 106 cm³/mol. The van der Waals surface area contributed by atoms with Gasteiger partial charge in [0.2, 0.25) is 0 Å². The fraction of sp³-hybridized carbons (Fsp3) is 0.227. The lowest BCUT2D eigenvalue weighted by Crippen LogP contribution is -2.33. The summed E-state index contributed by atoms with van der Waals surface area (Å²) in [5, 5.41) is 0.775. The van der Waals surface area contributed by atoms with Crippen LogP contribution in [0.4, 0.5) is 5.69 Å². The van der Waals surface area contributed by atoms with Crippen LogP contribution in [0.5, 0.6) is 5.75 Å². The van der Waals surface area contributed by atoms with Gasteiger partial charge < -0.3 is 14.4 Å². The van der Waals surface area contributed by atoms with E-state index in [4.69, 9.17) is 9.47 Å². The summed E-state index contributed by atoms with van der Waals surface area (Å²) in [6.07, 6.45) is 0.811. The molecular weight excluding hydrogens is 356 g/mol. The molecule has 0 aliphatic carbocycles. The third kappa shape index (κ3) is 3.29. The monoisotopic (exact) mass is 376 g/mol. The predicted octanol–water partition coefficient (Wildman–Crippen LogP) is 3.30. The molecule has 0 spiro atoms. The van der Waals surface area contributed by atoms with Gasteiger partial charge in [-0.3, -0.25) is 9.78 Å². The molecule has 1 aliphatic heterocycles. The highest BCUT2D eigenvalue weighted by atomic mass is 16.5. The Hall–Kier alpha value is -3.41. The first-order chi connectivity index (χ1) is 13.6. The second-order valence-electron chi connectivity index (χ2n) is 6.68. The average Bonchev–Trinajstić information content (AvgIpc) is 3.15. The van der Waals surface area contributed by atoms with Gasteiger partial charge in [0.05, 0.1) is 23.9 Å². The van der Waals surface area contributed by atoms with Crippen LogP contribution in [0.1, 0.15) is 21.6 Å². The number of carbonyl (C=O) groups is 2. The van der Waals surface area contributed by atoms with Crippen molar-refractivity contribution in [2.45, 2.75) is 13.3 Å². The van der Waals surface area contributed by atoms with Crippen LogP contribution in [0.15, 0.2) is 48.5 Å². The van der Waals surface area contributed by atoms with Crippen molar-refractivity contribution >= 4 is 28.5 Å². The lowest BCUT2D eigenvalue weighted by atomic mass is 10.1. The van der Waals surface area contributed by atoms with Crippen LogP contribution in [0.25, 0.3) is 10.9 Å². The highest BCUT2D eigenvalue weighted by Gasteiger charge is 2.25. The van der Waals surface area contributed by atoms with Crippen LogP contribution in [0.3, 0.4) is 0 Å². The fourth-order valence-corrected chi connectivity index (χ4v) is 3.46. The summed E-state index contributed by atoms with van der Waals surface area (Å²) in [4.78, 5) is 31.2. The number of para-hydroxylation sites is 1. The number of esters is 1. The number of nitrogens with zero attached hydrogens (tertiary/aromatic N) is 2. The molecule has 2 aromatic carbocycles. The van der Waals surface area contributed by atoms with E-state index in [1.807, 2.05) is 42.5 Å². The van der Waals surface area contributed by atoms with E-state index in [1.165, 1.54) is 0 Å². The molecule has 0 unspecified atom stereocenters. The van der Waals surface area contributed by atoms with E-state index in [0.29, 0.717) is 23.6 Å². The summed E-state index contributed by atoms with van der Waals surface area (Å²) in [5.41, 5.74) is 3.68. The zero-order chi connectivity index (χ0) is 19.7. The molecule has 0 saturated heterocycles. The minimum Gasteiger partial charge on any atom is -0.497 e. The quantitative estimate of drug-likeness (QED) is 0.654. The lowest BCUT2D eigenvalue weighted by molar-refractivity contribution is -0.121. The molecule has 28 heavy (non-hydrogen) atoms. The molecule has 1 aliphatic rings. The Labute approximate surface area is 162 Å². The summed E-state index contributed by atoms with van der Waals surface area (Å²) in [6.45, 7) is 2.05. The molecule has 0 saturated carbocycles. The first-order valence-corrected chi connectivity index (χ1v) is 9.07. The molecule has 6 heteroatoms. The Bertz CT molecular complexity index is 1080. The normalized spacial score (nSPS) is 12.7. The van der Waals surface area contributed by atoms with Crippen molar-refractivity contribution in [2.75, 3.05) is 25.2 Å². The maximum atomic E-state index is 12.6. The van der Waals surface area contributed by atoms with E-state index in [-0.39, 0.29) is 12.5 Å². The number of rotatable bonds is 4. The van der Waals surface area contributed by atoms with Gasteiger partial charge in [0, 0.05) is 17.6 Å². The first kappa shape index (κ1) is 18.0. The zero-order valence-corrected chi connectivity index (χ0v) is 15.8. The van der Waals surface area contributed by atoms with E-state index in [9.17, 15) is 9.59 Å². The number of methoxy groups -OCH3 is 1. The minimum atomic E-state index is -0.560. The third-order valence-electron chi connectivity index (χ3n) is 4.95. The van der Waals surface area contributed by atoms with Crippen molar-refractivity contribution in [2.24, 2.45) is 0 Å². The van der Waals surface area contributed by atoms with Crippen LogP contribution in [0.2, 0.25) is 0 Å². The molecule has 0 fully saturated rings. The molecule has 0 atom stereocenters. The van der Waals surface area contributed by atoms with Crippen LogP contribution in [-0.2, 0) is 16.0 Å². The highest BCUT2D eigenvalue weighted by Crippen LogP contribution is 2.27. The summed E-state index contributed by atoms with van der Waals surface area (Å²) in [5.74, 6) is -0.109. The molecule has 142 valence electrons. The number of pyridine rings is 1. The molecule has 0 radical (unpaired) electrons. The molecule has 0 bridgehead atoms. The van der Waals surface area contributed by atoms with Crippen LogP contribution in [0, 0.1) is 6.92 Å². The second-order valence-corrected chi connectivity index (χ2v) is 6.68. The van der Waals surface area contributed by atoms with Gasteiger partial charge in [-0.05, 0) is 49.2 Å². The van der Waals surface area contributed by atoms with Crippen molar-refractivity contribution in [3.8, 4) is 5.75 Å². The Balaban J connectivity index is 1.49. The standard InChI is InChI=1S/C22H20N2O4/c1-14-18(12-16-11-17(27-2)7-8-19(16)23-14)22(26)28-13-21(25)24-10-9-15-5-3-4-6-20(15)24/h3-8,11-12H,9-10,13H2,1-2H3. The van der Waals surface area contributed by atoms with E-state index in [1.54, 1.807) is 25.0 Å². The summed E-state index contributed by atoms with van der Waals surface area (Å²) in [6, 6.07) is 15.0. The molecule has 1 amide bonds. The van der Waals surface area contributed by atoms with Crippen molar-refractivity contribution in [3.05, 3.63) is 65.4 Å². The first-order valence-electron chi connectivity index (χ1n) is 9.07. The van der Waals surface area contributed by atoms with Gasteiger partial charge in [0.15, 0.2) is 6.61 Å². The van der Waals surface area contributed by atoms with E-state index in [2.05, 4.69) is 4.98 Å². The number of amides is 1. The largest absolute Gasteiger partial charge is 0.497 e. The number of hydrogen-bond donors (Lipinski definition) is 0.